The molecule has 3 aliphatic rings. The summed E-state index contributed by atoms with van der Waals surface area (Å²) in [5.41, 5.74) is 4.69. The van der Waals surface area contributed by atoms with Crippen LogP contribution in [0.25, 0.3) is 0 Å². The molecule has 3 aliphatic heterocycles. The summed E-state index contributed by atoms with van der Waals surface area (Å²) in [7, 11) is 0. The third-order valence-corrected chi connectivity index (χ3v) is 7.90. The number of nitrogens with zero attached hydrogens (tertiary/aromatic N) is 3. The number of nitrogens with one attached hydrogen (secondary N) is 2. The summed E-state index contributed by atoms with van der Waals surface area (Å²) in [6.45, 7) is 5.27. The van der Waals surface area contributed by atoms with Crippen molar-refractivity contribution >= 4 is 17.7 Å². The first-order chi connectivity index (χ1) is 16.9. The second-order valence-corrected chi connectivity index (χ2v) is 10.1. The fourth-order valence-electron chi connectivity index (χ4n) is 5.92. The number of piperidine rings is 2. The molecule has 3 amide bonds. The summed E-state index contributed by atoms with van der Waals surface area (Å²) in [5, 5.41) is 21.6. The number of amides is 3. The molecule has 3 N–H and O–H groups in total. The summed E-state index contributed by atoms with van der Waals surface area (Å²) in [6, 6.07) is 7.22. The fourth-order valence-corrected chi connectivity index (χ4v) is 5.92. The second-order valence-electron chi connectivity index (χ2n) is 10.1. The predicted molar refractivity (Wildman–Crippen MR) is 128 cm³/mol. The van der Waals surface area contributed by atoms with Gasteiger partial charge in [-0.2, -0.15) is 5.26 Å². The van der Waals surface area contributed by atoms with E-state index in [0.717, 1.165) is 44.3 Å². The van der Waals surface area contributed by atoms with Crippen molar-refractivity contribution in [2.45, 2.75) is 57.4 Å². The van der Waals surface area contributed by atoms with Gasteiger partial charge in [-0.3, -0.25) is 19.6 Å². The van der Waals surface area contributed by atoms with E-state index in [0.29, 0.717) is 44.0 Å². The number of carbonyl (C=O) groups excluding carboxylic acids is 3. The molecule has 3 heterocycles. The molecule has 1 aromatic rings. The van der Waals surface area contributed by atoms with E-state index in [-0.39, 0.29) is 17.7 Å². The van der Waals surface area contributed by atoms with E-state index >= 15 is 0 Å². The SMILES string of the molecule is Cc1cc(C#N)ccc1C1CCN(C(=O)[C@H]2NC[C@@H](CC(=O)N3CCCC3)C[C@@H]2C(=O)NO)CC1. The molecule has 3 saturated heterocycles. The third-order valence-electron chi connectivity index (χ3n) is 7.90. The Morgan fingerprint density at radius 3 is 2.49 bits per heavy atom. The lowest BCUT2D eigenvalue weighted by molar-refractivity contribution is -0.145. The highest BCUT2D eigenvalue weighted by Crippen LogP contribution is 2.32. The highest BCUT2D eigenvalue weighted by Gasteiger charge is 2.42. The van der Waals surface area contributed by atoms with E-state index in [2.05, 4.69) is 11.4 Å². The van der Waals surface area contributed by atoms with Gasteiger partial charge in [-0.1, -0.05) is 6.07 Å². The zero-order valence-electron chi connectivity index (χ0n) is 20.3. The van der Waals surface area contributed by atoms with E-state index in [4.69, 9.17) is 5.26 Å². The summed E-state index contributed by atoms with van der Waals surface area (Å²) >= 11 is 0. The maximum absolute atomic E-state index is 13.4. The van der Waals surface area contributed by atoms with Gasteiger partial charge in [0.1, 0.15) is 0 Å². The summed E-state index contributed by atoms with van der Waals surface area (Å²) in [6.07, 6.45) is 4.42. The van der Waals surface area contributed by atoms with Gasteiger partial charge in [-0.25, -0.2) is 5.48 Å². The minimum atomic E-state index is -0.726. The van der Waals surface area contributed by atoms with Crippen LogP contribution in [0.3, 0.4) is 0 Å². The van der Waals surface area contributed by atoms with Crippen LogP contribution in [0.15, 0.2) is 18.2 Å². The van der Waals surface area contributed by atoms with Gasteiger partial charge in [0.2, 0.25) is 17.7 Å². The molecule has 0 radical (unpaired) electrons. The number of hydroxylamine groups is 1. The molecule has 188 valence electrons. The average Bonchev–Trinajstić information content (AvgIpc) is 3.43. The molecule has 0 bridgehead atoms. The summed E-state index contributed by atoms with van der Waals surface area (Å²) in [4.78, 5) is 42.2. The Balaban J connectivity index is 1.36. The molecular formula is C26H35N5O4. The van der Waals surface area contributed by atoms with Crippen molar-refractivity contribution in [1.29, 1.82) is 5.26 Å². The highest BCUT2D eigenvalue weighted by molar-refractivity contribution is 5.90. The topological polar surface area (TPSA) is 126 Å². The third kappa shape index (κ3) is 5.65. The number of hydrogen-bond acceptors (Lipinski definition) is 6. The van der Waals surface area contributed by atoms with Gasteiger partial charge in [0.05, 0.1) is 23.6 Å². The van der Waals surface area contributed by atoms with Crippen molar-refractivity contribution in [3.05, 3.63) is 34.9 Å². The van der Waals surface area contributed by atoms with Gasteiger partial charge in [-0.15, -0.1) is 0 Å². The summed E-state index contributed by atoms with van der Waals surface area (Å²) < 4.78 is 0. The maximum Gasteiger partial charge on any atom is 0.248 e. The van der Waals surface area contributed by atoms with Crippen molar-refractivity contribution in [3.8, 4) is 6.07 Å². The standard InChI is InChI=1S/C26H35N5O4/c1-17-12-18(15-27)4-5-21(17)20-6-10-31(11-7-20)26(34)24-22(25(33)29-35)13-19(16-28-24)14-23(32)30-8-2-3-9-30/h4-5,12,19-20,22,24,28,35H,2-3,6-11,13-14,16H2,1H3,(H,29,33)/t19-,22+,24+/m1/s1. The number of aryl methyl sites for hydroxylation is 1. The lowest BCUT2D eigenvalue weighted by atomic mass is 9.81. The monoisotopic (exact) mass is 481 g/mol. The Labute approximate surface area is 206 Å². The van der Waals surface area contributed by atoms with Crippen molar-refractivity contribution < 1.29 is 19.6 Å². The number of likely N-dealkylation sites (tertiary alicyclic amines) is 2. The van der Waals surface area contributed by atoms with Gasteiger partial charge in [-0.05, 0) is 80.7 Å². The summed E-state index contributed by atoms with van der Waals surface area (Å²) in [5.74, 6) is -1.07. The Morgan fingerprint density at radius 2 is 1.86 bits per heavy atom. The minimum Gasteiger partial charge on any atom is -0.343 e. The van der Waals surface area contributed by atoms with Gasteiger partial charge in [0, 0.05) is 32.6 Å². The average molecular weight is 482 g/mol. The van der Waals surface area contributed by atoms with E-state index in [9.17, 15) is 19.6 Å². The molecule has 0 saturated carbocycles. The number of rotatable bonds is 5. The molecule has 0 unspecified atom stereocenters. The number of carbonyl (C=O) groups is 3. The van der Waals surface area contributed by atoms with Gasteiger partial charge in [0.15, 0.2) is 0 Å². The number of nitriles is 1. The van der Waals surface area contributed by atoms with Crippen LogP contribution in [0.1, 0.15) is 61.1 Å². The van der Waals surface area contributed by atoms with Crippen LogP contribution in [-0.2, 0) is 14.4 Å². The molecule has 1 aromatic carbocycles. The van der Waals surface area contributed by atoms with Crippen molar-refractivity contribution in [3.63, 3.8) is 0 Å². The Hall–Kier alpha value is -2.96. The Kier molecular flexibility index (Phi) is 8.04. The largest absolute Gasteiger partial charge is 0.343 e. The minimum absolute atomic E-state index is 0.0560. The molecule has 9 heteroatoms. The maximum atomic E-state index is 13.4. The molecule has 0 aromatic heterocycles. The molecule has 35 heavy (non-hydrogen) atoms. The second kappa shape index (κ2) is 11.2. The Morgan fingerprint density at radius 1 is 1.14 bits per heavy atom. The molecule has 3 atom stereocenters. The molecule has 0 spiro atoms. The van der Waals surface area contributed by atoms with Crippen LogP contribution >= 0.6 is 0 Å². The van der Waals surface area contributed by atoms with E-state index in [1.54, 1.807) is 10.4 Å². The van der Waals surface area contributed by atoms with E-state index < -0.39 is 17.9 Å². The molecule has 9 nitrogen and oxygen atoms in total. The fraction of sp³-hybridized carbons (Fsp3) is 0.615. The first kappa shape index (κ1) is 25.1. The zero-order valence-corrected chi connectivity index (χ0v) is 20.3. The lowest BCUT2D eigenvalue weighted by Gasteiger charge is -2.40. The van der Waals surface area contributed by atoms with Crippen LogP contribution in [0.5, 0.6) is 0 Å². The van der Waals surface area contributed by atoms with Crippen LogP contribution in [0, 0.1) is 30.1 Å². The predicted octanol–water partition coefficient (Wildman–Crippen LogP) is 1.68. The molecular weight excluding hydrogens is 446 g/mol. The molecule has 3 fully saturated rings. The van der Waals surface area contributed by atoms with E-state index in [1.165, 1.54) is 5.56 Å². The van der Waals surface area contributed by atoms with Crippen LogP contribution < -0.4 is 10.8 Å². The zero-order chi connectivity index (χ0) is 24.9. The van der Waals surface area contributed by atoms with Crippen molar-refractivity contribution in [2.75, 3.05) is 32.7 Å². The lowest BCUT2D eigenvalue weighted by Crippen LogP contribution is -2.59. The number of benzene rings is 1. The van der Waals surface area contributed by atoms with Crippen LogP contribution in [-0.4, -0.2) is 71.5 Å². The van der Waals surface area contributed by atoms with Gasteiger partial charge in [0.25, 0.3) is 0 Å². The molecule has 4 rings (SSSR count). The normalized spacial score (nSPS) is 25.2. The number of hydrogen-bond donors (Lipinski definition) is 3. The van der Waals surface area contributed by atoms with Gasteiger partial charge >= 0.3 is 0 Å². The highest BCUT2D eigenvalue weighted by atomic mass is 16.5. The van der Waals surface area contributed by atoms with E-state index in [1.807, 2.05) is 30.0 Å². The van der Waals surface area contributed by atoms with Crippen molar-refractivity contribution in [1.82, 2.24) is 20.6 Å². The first-order valence-corrected chi connectivity index (χ1v) is 12.7. The first-order valence-electron chi connectivity index (χ1n) is 12.7. The smallest absolute Gasteiger partial charge is 0.248 e. The Bertz CT molecular complexity index is 992. The van der Waals surface area contributed by atoms with Gasteiger partial charge < -0.3 is 15.1 Å². The quantitative estimate of drug-likeness (QED) is 0.434. The van der Waals surface area contributed by atoms with Crippen LogP contribution in [0.2, 0.25) is 0 Å². The molecule has 0 aliphatic carbocycles. The van der Waals surface area contributed by atoms with Crippen LogP contribution in [0.4, 0.5) is 0 Å². The van der Waals surface area contributed by atoms with Crippen molar-refractivity contribution in [2.24, 2.45) is 11.8 Å².